The zero-order valence-electron chi connectivity index (χ0n) is 19.3. The average Bonchev–Trinajstić information content (AvgIpc) is 3.22. The second kappa shape index (κ2) is 12.5. The zero-order chi connectivity index (χ0) is 24.2. The summed E-state index contributed by atoms with van der Waals surface area (Å²) in [5.41, 5.74) is 5.58. The summed E-state index contributed by atoms with van der Waals surface area (Å²) in [5.74, 6) is 0. The summed E-state index contributed by atoms with van der Waals surface area (Å²) in [6.07, 6.45) is 5.87. The summed E-state index contributed by atoms with van der Waals surface area (Å²) in [4.78, 5) is 0. The van der Waals surface area contributed by atoms with Crippen molar-refractivity contribution in [1.29, 1.82) is 0 Å². The Labute approximate surface area is 232 Å². The highest BCUT2D eigenvalue weighted by Crippen LogP contribution is 2.31. The van der Waals surface area contributed by atoms with Crippen LogP contribution in [0.25, 0.3) is 0 Å². The largest absolute Gasteiger partial charge is 1.00 e. The molecule has 8 heteroatoms. The number of imidazole rings is 1. The highest BCUT2D eigenvalue weighted by Gasteiger charge is 2.20. The molecule has 0 N–H and O–H groups in total. The molecule has 0 aliphatic heterocycles. The number of rotatable bonds is 8. The van der Waals surface area contributed by atoms with Crippen LogP contribution in [-0.4, -0.2) is 4.57 Å². The number of hydrogen-bond acceptors (Lipinski definition) is 1. The maximum absolute atomic E-state index is 6.54. The van der Waals surface area contributed by atoms with E-state index in [4.69, 9.17) is 51.1 Å². The molecule has 0 spiro atoms. The summed E-state index contributed by atoms with van der Waals surface area (Å²) in [6, 6.07) is 17.4. The number of nitrogens with zero attached hydrogens (tertiary/aromatic N) is 2. The molecule has 4 rings (SSSR count). The average molecular weight is 571 g/mol. The number of halogens is 5. The van der Waals surface area contributed by atoms with Crippen molar-refractivity contribution in [2.45, 2.75) is 39.6 Å². The third-order valence-corrected chi connectivity index (χ3v) is 6.97. The first kappa shape index (κ1) is 27.9. The van der Waals surface area contributed by atoms with Gasteiger partial charge in [0.05, 0.1) is 6.61 Å². The third kappa shape index (κ3) is 7.39. The van der Waals surface area contributed by atoms with Crippen LogP contribution in [0.4, 0.5) is 0 Å². The zero-order valence-corrected chi connectivity index (χ0v) is 23.1. The lowest BCUT2D eigenvalue weighted by molar-refractivity contribution is -0.704. The van der Waals surface area contributed by atoms with Gasteiger partial charge in [0.1, 0.15) is 31.6 Å². The number of aromatic nitrogens is 2. The van der Waals surface area contributed by atoms with Gasteiger partial charge in [-0.15, -0.1) is 0 Å². The van der Waals surface area contributed by atoms with Gasteiger partial charge in [-0.25, -0.2) is 9.13 Å². The molecule has 1 unspecified atom stereocenters. The summed E-state index contributed by atoms with van der Waals surface area (Å²) in [7, 11) is 0. The van der Waals surface area contributed by atoms with Crippen LogP contribution in [0.2, 0.25) is 20.1 Å². The summed E-state index contributed by atoms with van der Waals surface area (Å²) >= 11 is 25.1. The molecule has 3 nitrogen and oxygen atoms in total. The highest BCUT2D eigenvalue weighted by atomic mass is 35.5. The van der Waals surface area contributed by atoms with E-state index in [0.717, 1.165) is 17.7 Å². The molecule has 0 fully saturated rings. The lowest BCUT2D eigenvalue weighted by Gasteiger charge is -2.19. The molecule has 1 aromatic heterocycles. The van der Waals surface area contributed by atoms with E-state index in [9.17, 15) is 0 Å². The fourth-order valence-electron chi connectivity index (χ4n) is 3.78. The van der Waals surface area contributed by atoms with Gasteiger partial charge >= 0.3 is 0 Å². The van der Waals surface area contributed by atoms with Gasteiger partial charge in [-0.2, -0.15) is 0 Å². The van der Waals surface area contributed by atoms with Crippen molar-refractivity contribution < 1.29 is 21.7 Å². The van der Waals surface area contributed by atoms with Crippen LogP contribution in [0.3, 0.4) is 0 Å². The Morgan fingerprint density at radius 3 is 2.26 bits per heavy atom. The summed E-state index contributed by atoms with van der Waals surface area (Å²) in [6.45, 7) is 5.96. The van der Waals surface area contributed by atoms with Crippen LogP contribution in [0.5, 0.6) is 0 Å². The lowest BCUT2D eigenvalue weighted by atomic mass is 10.1. The van der Waals surface area contributed by atoms with Crippen LogP contribution >= 0.6 is 46.4 Å². The second-order valence-electron chi connectivity index (χ2n) is 8.40. The Bertz CT molecular complexity index is 1300. The Morgan fingerprint density at radius 2 is 1.57 bits per heavy atom. The van der Waals surface area contributed by atoms with Gasteiger partial charge in [0.2, 0.25) is 6.33 Å². The molecular weight excluding hydrogens is 546 g/mol. The summed E-state index contributed by atoms with van der Waals surface area (Å²) < 4.78 is 10.6. The van der Waals surface area contributed by atoms with Crippen LogP contribution < -0.4 is 17.0 Å². The molecule has 0 bridgehead atoms. The van der Waals surface area contributed by atoms with E-state index < -0.39 is 0 Å². The predicted molar refractivity (Wildman–Crippen MR) is 140 cm³/mol. The standard InChI is InChI=1S/C27H25Cl4N2O.ClH/c1-18-3-4-20(11-19(18)2)14-32-9-10-33(17-32)15-27(24-8-7-23(29)13-26(24)31)34-16-21-5-6-22(28)12-25(21)30;/h3-13,17,27H,14-16H2,1-2H3;1H/q+1;/p-1. The van der Waals surface area contributed by atoms with Crippen molar-refractivity contribution in [1.82, 2.24) is 4.57 Å². The van der Waals surface area contributed by atoms with E-state index in [-0.39, 0.29) is 18.5 Å². The number of ether oxygens (including phenoxy) is 1. The van der Waals surface area contributed by atoms with Crippen molar-refractivity contribution >= 4 is 46.4 Å². The van der Waals surface area contributed by atoms with Gasteiger partial charge in [-0.3, -0.25) is 0 Å². The SMILES string of the molecule is Cc1ccc(Cn2cc[n+](CC(OCc3ccc(Cl)cc3Cl)c3ccc(Cl)cc3Cl)c2)cc1C.[Cl-]. The molecule has 4 aromatic rings. The molecule has 0 amide bonds. The second-order valence-corrected chi connectivity index (χ2v) is 10.1. The molecule has 3 aromatic carbocycles. The molecule has 0 aliphatic carbocycles. The minimum Gasteiger partial charge on any atom is -1.00 e. The van der Waals surface area contributed by atoms with Crippen molar-refractivity contribution in [2.75, 3.05) is 0 Å². The quantitative estimate of drug-likeness (QED) is 0.272. The molecular formula is C27H25Cl5N2O. The van der Waals surface area contributed by atoms with Gasteiger partial charge in [0.25, 0.3) is 0 Å². The normalized spacial score (nSPS) is 11.8. The Balaban J connectivity index is 0.00000342. The van der Waals surface area contributed by atoms with Crippen LogP contribution in [0.1, 0.15) is 33.9 Å². The number of aryl methyl sites for hydroxylation is 2. The Morgan fingerprint density at radius 1 is 0.857 bits per heavy atom. The van der Waals surface area contributed by atoms with Crippen molar-refractivity contribution in [3.63, 3.8) is 0 Å². The van der Waals surface area contributed by atoms with E-state index in [1.54, 1.807) is 18.2 Å². The predicted octanol–water partition coefficient (Wildman–Crippen LogP) is 5.02. The Hall–Kier alpha value is -1.72. The van der Waals surface area contributed by atoms with Gasteiger partial charge in [-0.05, 0) is 60.4 Å². The smallest absolute Gasteiger partial charge is 0.244 e. The maximum Gasteiger partial charge on any atom is 0.244 e. The molecule has 184 valence electrons. The monoisotopic (exact) mass is 568 g/mol. The first-order valence-corrected chi connectivity index (χ1v) is 12.4. The fraction of sp³-hybridized carbons (Fsp3) is 0.222. The third-order valence-electron chi connectivity index (χ3n) is 5.82. The van der Waals surface area contributed by atoms with Gasteiger partial charge in [-0.1, -0.05) is 76.7 Å². The maximum atomic E-state index is 6.54. The highest BCUT2D eigenvalue weighted by molar-refractivity contribution is 6.35. The van der Waals surface area contributed by atoms with E-state index in [1.165, 1.54) is 16.7 Å². The molecule has 1 atom stereocenters. The van der Waals surface area contributed by atoms with E-state index in [2.05, 4.69) is 53.7 Å². The van der Waals surface area contributed by atoms with E-state index in [1.807, 2.05) is 24.4 Å². The lowest BCUT2D eigenvalue weighted by Crippen LogP contribution is -3.00. The first-order chi connectivity index (χ1) is 16.3. The van der Waals surface area contributed by atoms with Crippen LogP contribution in [0, 0.1) is 13.8 Å². The topological polar surface area (TPSA) is 18.0 Å². The van der Waals surface area contributed by atoms with Gasteiger partial charge in [0.15, 0.2) is 0 Å². The molecule has 0 saturated heterocycles. The molecule has 0 radical (unpaired) electrons. The van der Waals surface area contributed by atoms with E-state index >= 15 is 0 Å². The summed E-state index contributed by atoms with van der Waals surface area (Å²) in [5, 5.41) is 2.31. The fourth-order valence-corrected chi connectivity index (χ4v) is 4.77. The van der Waals surface area contributed by atoms with Gasteiger partial charge < -0.3 is 17.1 Å². The number of benzene rings is 3. The first-order valence-electron chi connectivity index (χ1n) is 10.9. The van der Waals surface area contributed by atoms with Crippen molar-refractivity contribution in [3.05, 3.63) is 121 Å². The number of hydrogen-bond donors (Lipinski definition) is 0. The molecule has 1 heterocycles. The minimum atomic E-state index is -0.306. The van der Waals surface area contributed by atoms with Crippen LogP contribution in [-0.2, 0) is 24.4 Å². The van der Waals surface area contributed by atoms with Gasteiger partial charge in [0, 0.05) is 25.7 Å². The Kier molecular flexibility index (Phi) is 9.94. The van der Waals surface area contributed by atoms with E-state index in [0.29, 0.717) is 33.2 Å². The van der Waals surface area contributed by atoms with Crippen molar-refractivity contribution in [3.8, 4) is 0 Å². The minimum absolute atomic E-state index is 0. The molecule has 0 aliphatic rings. The molecule has 0 saturated carbocycles. The van der Waals surface area contributed by atoms with Crippen LogP contribution in [0.15, 0.2) is 73.3 Å². The molecule has 35 heavy (non-hydrogen) atoms. The van der Waals surface area contributed by atoms with Crippen molar-refractivity contribution in [2.24, 2.45) is 0 Å².